The van der Waals surface area contributed by atoms with E-state index < -0.39 is 12.0 Å². The van der Waals surface area contributed by atoms with Crippen molar-refractivity contribution in [1.29, 1.82) is 0 Å². The Hall–Kier alpha value is -4.44. The number of rotatable bonds is 8. The van der Waals surface area contributed by atoms with Gasteiger partial charge in [0, 0.05) is 42.4 Å². The summed E-state index contributed by atoms with van der Waals surface area (Å²) >= 11 is 1.27. The van der Waals surface area contributed by atoms with E-state index in [0.717, 1.165) is 27.7 Å². The molecule has 1 aliphatic heterocycles. The lowest BCUT2D eigenvalue weighted by Crippen LogP contribution is -2.39. The molecule has 5 rings (SSSR count). The van der Waals surface area contributed by atoms with E-state index in [-0.39, 0.29) is 24.7 Å². The molecule has 0 saturated carbocycles. The highest BCUT2D eigenvalue weighted by molar-refractivity contribution is 7.07. The molecule has 1 atom stereocenters. The van der Waals surface area contributed by atoms with Crippen molar-refractivity contribution in [3.63, 3.8) is 0 Å². The molecule has 0 N–H and O–H groups in total. The third-order valence-corrected chi connectivity index (χ3v) is 7.94. The van der Waals surface area contributed by atoms with Gasteiger partial charge in [0.05, 0.1) is 35.1 Å². The molecule has 1 aliphatic rings. The minimum absolute atomic E-state index is 0.0640. The molecular weight excluding hydrogens is 540 g/mol. The molecule has 4 aromatic rings. The second-order valence-electron chi connectivity index (χ2n) is 9.82. The molecule has 9 nitrogen and oxygen atoms in total. The van der Waals surface area contributed by atoms with Gasteiger partial charge in [-0.05, 0) is 50.6 Å². The van der Waals surface area contributed by atoms with Gasteiger partial charge in [-0.2, -0.15) is 0 Å². The number of hydrogen-bond acceptors (Lipinski definition) is 8. The monoisotopic (exact) mass is 572 g/mol. The Morgan fingerprint density at radius 1 is 1.05 bits per heavy atom. The molecule has 2 aromatic heterocycles. The van der Waals surface area contributed by atoms with Gasteiger partial charge >= 0.3 is 11.9 Å². The number of nitrogens with zero attached hydrogens (tertiary/aromatic N) is 4. The number of fused-ring (bicyclic) bond motifs is 2. The number of esters is 2. The predicted molar refractivity (Wildman–Crippen MR) is 160 cm³/mol. The summed E-state index contributed by atoms with van der Waals surface area (Å²) in [6.07, 6.45) is 3.68. The third-order valence-electron chi connectivity index (χ3n) is 6.95. The zero-order valence-corrected chi connectivity index (χ0v) is 24.5. The van der Waals surface area contributed by atoms with E-state index in [1.165, 1.54) is 11.3 Å². The molecule has 0 bridgehead atoms. The van der Waals surface area contributed by atoms with Crippen LogP contribution < -0.4 is 19.8 Å². The van der Waals surface area contributed by atoms with Crippen molar-refractivity contribution in [2.45, 2.75) is 33.4 Å². The number of thiazole rings is 1. The quantitative estimate of drug-likeness (QED) is 0.301. The van der Waals surface area contributed by atoms with E-state index in [0.29, 0.717) is 27.2 Å². The van der Waals surface area contributed by atoms with E-state index in [1.807, 2.05) is 84.4 Å². The summed E-state index contributed by atoms with van der Waals surface area (Å²) in [5.74, 6) is -0.826. The summed E-state index contributed by atoms with van der Waals surface area (Å²) in [6.45, 7) is 5.88. The Morgan fingerprint density at radius 2 is 1.76 bits per heavy atom. The zero-order valence-electron chi connectivity index (χ0n) is 23.7. The topological polar surface area (TPSA) is 95.1 Å². The summed E-state index contributed by atoms with van der Waals surface area (Å²) in [4.78, 5) is 46.6. The first-order chi connectivity index (χ1) is 19.7. The minimum atomic E-state index is -0.686. The molecule has 0 radical (unpaired) electrons. The lowest BCUT2D eigenvalue weighted by atomic mass is 9.95. The maximum Gasteiger partial charge on any atom is 0.338 e. The number of carbonyl (C=O) groups excluding carboxylic acids is 2. The van der Waals surface area contributed by atoms with E-state index in [1.54, 1.807) is 25.3 Å². The van der Waals surface area contributed by atoms with Crippen molar-refractivity contribution in [2.75, 3.05) is 32.2 Å². The minimum Gasteiger partial charge on any atom is -0.465 e. The third kappa shape index (κ3) is 5.35. The van der Waals surface area contributed by atoms with Gasteiger partial charge in [0.25, 0.3) is 5.56 Å². The predicted octanol–water partition coefficient (Wildman–Crippen LogP) is 3.38. The summed E-state index contributed by atoms with van der Waals surface area (Å²) in [5, 5.41) is 0.904. The van der Waals surface area contributed by atoms with Crippen LogP contribution in [0, 0.1) is 0 Å². The smallest absolute Gasteiger partial charge is 0.338 e. The van der Waals surface area contributed by atoms with Crippen LogP contribution in [0.15, 0.2) is 75.8 Å². The van der Waals surface area contributed by atoms with Crippen LogP contribution in [0.1, 0.15) is 37.9 Å². The zero-order chi connectivity index (χ0) is 29.3. The summed E-state index contributed by atoms with van der Waals surface area (Å²) < 4.78 is 14.4. The van der Waals surface area contributed by atoms with Gasteiger partial charge in [0.2, 0.25) is 0 Å². The number of hydrogen-bond donors (Lipinski definition) is 0. The molecule has 0 unspecified atom stereocenters. The number of anilines is 1. The normalized spacial score (nSPS) is 15.0. The first-order valence-corrected chi connectivity index (χ1v) is 14.3. The van der Waals surface area contributed by atoms with Crippen LogP contribution >= 0.6 is 11.3 Å². The van der Waals surface area contributed by atoms with Crippen LogP contribution in [-0.2, 0) is 25.6 Å². The number of aromatic nitrogens is 2. The molecule has 0 amide bonds. The Bertz CT molecular complexity index is 1840. The maximum atomic E-state index is 14.0. The summed E-state index contributed by atoms with van der Waals surface area (Å²) in [6, 6.07) is 14.8. The summed E-state index contributed by atoms with van der Waals surface area (Å²) in [7, 11) is 3.91. The molecule has 0 fully saturated rings. The van der Waals surface area contributed by atoms with E-state index in [2.05, 4.69) is 4.99 Å². The highest BCUT2D eigenvalue weighted by Crippen LogP contribution is 2.31. The molecule has 3 heterocycles. The molecular formula is C31H32N4O5S. The van der Waals surface area contributed by atoms with E-state index >= 15 is 0 Å². The average molecular weight is 573 g/mol. The van der Waals surface area contributed by atoms with Crippen LogP contribution in [0.4, 0.5) is 5.69 Å². The van der Waals surface area contributed by atoms with Crippen molar-refractivity contribution in [3.8, 4) is 0 Å². The van der Waals surface area contributed by atoms with Gasteiger partial charge in [-0.25, -0.2) is 9.79 Å². The number of para-hydroxylation sites is 1. The van der Waals surface area contributed by atoms with Gasteiger partial charge in [-0.15, -0.1) is 0 Å². The van der Waals surface area contributed by atoms with Crippen molar-refractivity contribution >= 4 is 45.9 Å². The molecule has 10 heteroatoms. The van der Waals surface area contributed by atoms with Crippen molar-refractivity contribution in [1.82, 2.24) is 9.13 Å². The first kappa shape index (κ1) is 28.1. The molecule has 2 aromatic carbocycles. The Labute approximate surface area is 241 Å². The molecule has 0 aliphatic carbocycles. The Morgan fingerprint density at radius 3 is 2.44 bits per heavy atom. The fourth-order valence-electron chi connectivity index (χ4n) is 5.07. The number of ether oxygens (including phenoxy) is 2. The first-order valence-electron chi connectivity index (χ1n) is 13.4. The van der Waals surface area contributed by atoms with Gasteiger partial charge in [-0.1, -0.05) is 41.7 Å². The summed E-state index contributed by atoms with van der Waals surface area (Å²) in [5.41, 5.74) is 4.04. The molecule has 0 spiro atoms. The van der Waals surface area contributed by atoms with Crippen molar-refractivity contribution in [2.24, 2.45) is 4.99 Å². The Balaban J connectivity index is 1.68. The Kier molecular flexibility index (Phi) is 7.94. The number of carbonyl (C=O) groups is 2. The van der Waals surface area contributed by atoms with Crippen molar-refractivity contribution in [3.05, 3.63) is 96.8 Å². The molecule has 212 valence electrons. The van der Waals surface area contributed by atoms with Crippen LogP contribution in [-0.4, -0.2) is 48.4 Å². The number of allylic oxidation sites excluding steroid dienone is 1. The highest BCUT2D eigenvalue weighted by Gasteiger charge is 2.33. The highest BCUT2D eigenvalue weighted by atomic mass is 32.1. The van der Waals surface area contributed by atoms with Gasteiger partial charge in [-0.3, -0.25) is 14.2 Å². The van der Waals surface area contributed by atoms with Crippen LogP contribution in [0.2, 0.25) is 0 Å². The van der Waals surface area contributed by atoms with Crippen LogP contribution in [0.25, 0.3) is 17.0 Å². The maximum absolute atomic E-state index is 14.0. The largest absolute Gasteiger partial charge is 0.465 e. The second kappa shape index (κ2) is 11.6. The lowest BCUT2D eigenvalue weighted by molar-refractivity contribution is -0.143. The fraction of sp³-hybridized carbons (Fsp3) is 0.290. The van der Waals surface area contributed by atoms with Crippen LogP contribution in [0.5, 0.6) is 0 Å². The van der Waals surface area contributed by atoms with Gasteiger partial charge in [0.1, 0.15) is 6.54 Å². The van der Waals surface area contributed by atoms with E-state index in [4.69, 9.17) is 9.47 Å². The van der Waals surface area contributed by atoms with Crippen molar-refractivity contribution < 1.29 is 19.1 Å². The molecule has 0 saturated heterocycles. The van der Waals surface area contributed by atoms with Gasteiger partial charge < -0.3 is 18.9 Å². The lowest BCUT2D eigenvalue weighted by Gasteiger charge is -2.25. The van der Waals surface area contributed by atoms with Crippen LogP contribution in [0.3, 0.4) is 0 Å². The van der Waals surface area contributed by atoms with E-state index in [9.17, 15) is 14.4 Å². The molecule has 41 heavy (non-hydrogen) atoms. The second-order valence-corrected chi connectivity index (χ2v) is 10.8. The average Bonchev–Trinajstić information content (AvgIpc) is 3.44. The van der Waals surface area contributed by atoms with Gasteiger partial charge in [0.15, 0.2) is 4.80 Å². The SMILES string of the molecule is CCOC(=O)Cn1cc(/C=c2\sc3n(c2=O)[C@@H](c2ccc(N(C)C)cc2)C(C(=O)OCC)=C(C)N=3)c2ccccc21. The standard InChI is InChI=1S/C31H32N4O5S/c1-6-39-26(36)18-34-17-21(23-10-8-9-11-24(23)34)16-25-29(37)35-28(20-12-14-22(15-13-20)33(4)5)27(30(38)40-7-2)19(3)32-31(35)41-25/h8-17,28H,6-7,18H2,1-5H3/b25-16-/t28-/m0/s1. The fourth-order valence-corrected chi connectivity index (χ4v) is 6.11. The number of benzene rings is 2.